The third-order valence-corrected chi connectivity index (χ3v) is 5.05. The predicted molar refractivity (Wildman–Crippen MR) is 104 cm³/mol. The van der Waals surface area contributed by atoms with E-state index in [9.17, 15) is 13.2 Å². The van der Waals surface area contributed by atoms with Gasteiger partial charge in [0.1, 0.15) is 29.4 Å². The Morgan fingerprint density at radius 2 is 2.03 bits per heavy atom. The molecule has 0 unspecified atom stereocenters. The highest BCUT2D eigenvalue weighted by molar-refractivity contribution is 7.15. The SMILES string of the molecule is CON=Cc1ccc(Oc2cc(-c3nn(C)c(OC(F)F)c3Cl)c(F)cc2Cl)s1. The van der Waals surface area contributed by atoms with Crippen LogP contribution in [0.5, 0.6) is 16.7 Å². The maximum Gasteiger partial charge on any atom is 0.388 e. The van der Waals surface area contributed by atoms with Crippen molar-refractivity contribution in [3.05, 3.63) is 45.0 Å². The fourth-order valence-corrected chi connectivity index (χ4v) is 3.55. The molecule has 0 saturated carbocycles. The van der Waals surface area contributed by atoms with Gasteiger partial charge in [-0.15, -0.1) is 0 Å². The van der Waals surface area contributed by atoms with E-state index in [1.54, 1.807) is 12.1 Å². The summed E-state index contributed by atoms with van der Waals surface area (Å²) in [5.74, 6) is -1.03. The van der Waals surface area contributed by atoms with Crippen LogP contribution in [0.25, 0.3) is 11.3 Å². The summed E-state index contributed by atoms with van der Waals surface area (Å²) in [5, 5.41) is 7.81. The van der Waals surface area contributed by atoms with Crippen LogP contribution < -0.4 is 9.47 Å². The molecule has 3 aromatic rings. The first-order valence-corrected chi connectivity index (χ1v) is 9.38. The Bertz CT molecular complexity index is 1060. The molecule has 2 heterocycles. The molecule has 0 bridgehead atoms. The quantitative estimate of drug-likeness (QED) is 0.318. The van der Waals surface area contributed by atoms with E-state index in [0.717, 1.165) is 15.6 Å². The van der Waals surface area contributed by atoms with E-state index in [2.05, 4.69) is 19.8 Å². The average Bonchev–Trinajstić information content (AvgIpc) is 3.21. The maximum atomic E-state index is 14.5. The Morgan fingerprint density at radius 1 is 1.28 bits per heavy atom. The molecule has 0 aliphatic carbocycles. The first-order valence-electron chi connectivity index (χ1n) is 7.81. The number of nitrogens with zero attached hydrogens (tertiary/aromatic N) is 3. The van der Waals surface area contributed by atoms with Crippen molar-refractivity contribution in [2.45, 2.75) is 6.61 Å². The highest BCUT2D eigenvalue weighted by Crippen LogP contribution is 2.41. The molecule has 0 aliphatic heterocycles. The summed E-state index contributed by atoms with van der Waals surface area (Å²) in [6, 6.07) is 5.71. The van der Waals surface area contributed by atoms with Gasteiger partial charge >= 0.3 is 6.61 Å². The molecule has 0 fully saturated rings. The van der Waals surface area contributed by atoms with Gasteiger partial charge in [0.15, 0.2) is 5.06 Å². The molecule has 0 aliphatic rings. The molecule has 0 N–H and O–H groups in total. The molecular weight excluding hydrogens is 454 g/mol. The van der Waals surface area contributed by atoms with E-state index in [1.165, 1.54) is 37.8 Å². The van der Waals surface area contributed by atoms with Crippen molar-refractivity contribution in [1.29, 1.82) is 0 Å². The van der Waals surface area contributed by atoms with Gasteiger partial charge in [-0.25, -0.2) is 9.07 Å². The van der Waals surface area contributed by atoms with Crippen LogP contribution in [0.3, 0.4) is 0 Å². The number of hydrogen-bond donors (Lipinski definition) is 0. The summed E-state index contributed by atoms with van der Waals surface area (Å²) in [7, 11) is 2.76. The van der Waals surface area contributed by atoms with Crippen LogP contribution >= 0.6 is 34.5 Å². The minimum Gasteiger partial charge on any atom is -0.445 e. The van der Waals surface area contributed by atoms with Gasteiger partial charge in [-0.3, -0.25) is 0 Å². The highest BCUT2D eigenvalue weighted by atomic mass is 35.5. The van der Waals surface area contributed by atoms with Gasteiger partial charge in [0.25, 0.3) is 0 Å². The standard InChI is InChI=1S/C17H12Cl2F3N3O3S/c1-25-16(28-17(21)22)14(19)15(24-25)9-5-12(10(18)6-11(9)20)27-13-4-3-8(29-13)7-23-26-2/h3-7,17H,1-2H3. The van der Waals surface area contributed by atoms with Gasteiger partial charge in [-0.1, -0.05) is 39.7 Å². The number of oxime groups is 1. The molecule has 2 aromatic heterocycles. The van der Waals surface area contributed by atoms with Gasteiger partial charge in [0.2, 0.25) is 5.88 Å². The molecule has 3 rings (SSSR count). The fraction of sp³-hybridized carbons (Fsp3) is 0.176. The fourth-order valence-electron chi connectivity index (χ4n) is 2.33. The van der Waals surface area contributed by atoms with Crippen LogP contribution in [-0.2, 0) is 11.9 Å². The van der Waals surface area contributed by atoms with Crippen molar-refractivity contribution in [2.24, 2.45) is 12.2 Å². The second-order valence-electron chi connectivity index (χ2n) is 5.41. The lowest BCUT2D eigenvalue weighted by atomic mass is 10.1. The third kappa shape index (κ3) is 4.77. The lowest BCUT2D eigenvalue weighted by Gasteiger charge is -2.08. The number of thiophene rings is 1. The van der Waals surface area contributed by atoms with Gasteiger partial charge in [-0.05, 0) is 24.3 Å². The van der Waals surface area contributed by atoms with Gasteiger partial charge in [0, 0.05) is 12.6 Å². The molecule has 29 heavy (non-hydrogen) atoms. The van der Waals surface area contributed by atoms with E-state index in [-0.39, 0.29) is 27.1 Å². The van der Waals surface area contributed by atoms with Gasteiger partial charge in [-0.2, -0.15) is 13.9 Å². The van der Waals surface area contributed by atoms with Crippen LogP contribution in [0.15, 0.2) is 29.4 Å². The van der Waals surface area contributed by atoms with E-state index < -0.39 is 18.3 Å². The normalized spacial score (nSPS) is 11.4. The zero-order valence-corrected chi connectivity index (χ0v) is 17.2. The summed E-state index contributed by atoms with van der Waals surface area (Å²) in [5.41, 5.74) is -0.185. The Balaban J connectivity index is 1.96. The lowest BCUT2D eigenvalue weighted by Crippen LogP contribution is -2.06. The van der Waals surface area contributed by atoms with Crippen molar-refractivity contribution >= 4 is 40.8 Å². The number of aryl methyl sites for hydroxylation is 1. The van der Waals surface area contributed by atoms with Crippen LogP contribution in [0.2, 0.25) is 10.0 Å². The smallest absolute Gasteiger partial charge is 0.388 e. The van der Waals surface area contributed by atoms with Crippen molar-refractivity contribution in [3.63, 3.8) is 0 Å². The molecule has 1 aromatic carbocycles. The second-order valence-corrected chi connectivity index (χ2v) is 7.27. The zero-order valence-electron chi connectivity index (χ0n) is 14.8. The predicted octanol–water partition coefficient (Wildman–Crippen LogP) is 5.97. The second kappa shape index (κ2) is 8.93. The Hall–Kier alpha value is -2.43. The van der Waals surface area contributed by atoms with Crippen molar-refractivity contribution in [2.75, 3.05) is 7.11 Å². The molecule has 0 amide bonds. The number of alkyl halides is 2. The monoisotopic (exact) mass is 465 g/mol. The van der Waals surface area contributed by atoms with Crippen LogP contribution in [0.1, 0.15) is 4.88 Å². The largest absolute Gasteiger partial charge is 0.445 e. The van der Waals surface area contributed by atoms with Crippen molar-refractivity contribution in [1.82, 2.24) is 9.78 Å². The van der Waals surface area contributed by atoms with Gasteiger partial charge in [0.05, 0.1) is 16.1 Å². The number of benzene rings is 1. The van der Waals surface area contributed by atoms with E-state index in [1.807, 2.05) is 0 Å². The van der Waals surface area contributed by atoms with E-state index in [0.29, 0.717) is 5.06 Å². The maximum absolute atomic E-state index is 14.5. The van der Waals surface area contributed by atoms with Crippen molar-refractivity contribution < 1.29 is 27.5 Å². The summed E-state index contributed by atoms with van der Waals surface area (Å²) in [6.07, 6.45) is 1.49. The third-order valence-electron chi connectivity index (χ3n) is 3.52. The summed E-state index contributed by atoms with van der Waals surface area (Å²) in [4.78, 5) is 5.36. The minimum atomic E-state index is -3.11. The Labute approximate surface area is 177 Å². The highest BCUT2D eigenvalue weighted by Gasteiger charge is 2.23. The van der Waals surface area contributed by atoms with Crippen LogP contribution in [-0.4, -0.2) is 29.7 Å². The summed E-state index contributed by atoms with van der Waals surface area (Å²) < 4.78 is 50.7. The number of rotatable bonds is 7. The Kier molecular flexibility index (Phi) is 6.56. The Morgan fingerprint density at radius 3 is 2.72 bits per heavy atom. The molecule has 0 radical (unpaired) electrons. The molecule has 154 valence electrons. The molecule has 6 nitrogen and oxygen atoms in total. The van der Waals surface area contributed by atoms with Crippen LogP contribution in [0.4, 0.5) is 13.2 Å². The molecule has 0 atom stereocenters. The number of ether oxygens (including phenoxy) is 2. The van der Waals surface area contributed by atoms with Gasteiger partial charge < -0.3 is 14.3 Å². The molecular formula is C17H12Cl2F3N3O3S. The first-order chi connectivity index (χ1) is 13.8. The number of aromatic nitrogens is 2. The molecule has 0 saturated heterocycles. The van der Waals surface area contributed by atoms with E-state index in [4.69, 9.17) is 27.9 Å². The van der Waals surface area contributed by atoms with Crippen LogP contribution in [0, 0.1) is 5.82 Å². The van der Waals surface area contributed by atoms with E-state index >= 15 is 0 Å². The number of halogens is 5. The molecule has 0 spiro atoms. The van der Waals surface area contributed by atoms with Crippen molar-refractivity contribution in [3.8, 4) is 28.0 Å². The average molecular weight is 466 g/mol. The zero-order chi connectivity index (χ0) is 21.1. The number of hydrogen-bond acceptors (Lipinski definition) is 6. The summed E-state index contributed by atoms with van der Waals surface area (Å²) >= 11 is 13.4. The molecule has 12 heteroatoms. The first kappa shape index (κ1) is 21.3. The minimum absolute atomic E-state index is 0.00265. The topological polar surface area (TPSA) is 57.9 Å². The lowest BCUT2D eigenvalue weighted by molar-refractivity contribution is -0.0552. The summed E-state index contributed by atoms with van der Waals surface area (Å²) in [6.45, 7) is -3.11.